The molecule has 1 aliphatic rings. The molecule has 0 unspecified atom stereocenters. The van der Waals surface area contributed by atoms with Crippen molar-refractivity contribution < 1.29 is 9.90 Å². The molecular formula is C18H27NO2. The van der Waals surface area contributed by atoms with Gasteiger partial charge in [0.25, 0.3) is 0 Å². The molecule has 0 amide bonds. The molecule has 0 bridgehead atoms. The van der Waals surface area contributed by atoms with Crippen molar-refractivity contribution in [2.75, 3.05) is 6.54 Å². The maximum Gasteiger partial charge on any atom is 0.352 e. The van der Waals surface area contributed by atoms with Crippen LogP contribution >= 0.6 is 0 Å². The van der Waals surface area contributed by atoms with Gasteiger partial charge in [-0.3, -0.25) is 0 Å². The third-order valence-corrected chi connectivity index (χ3v) is 3.47. The molecule has 0 saturated heterocycles. The third kappa shape index (κ3) is 7.54. The molecule has 0 saturated carbocycles. The van der Waals surface area contributed by atoms with E-state index in [2.05, 4.69) is 19.1 Å². The van der Waals surface area contributed by atoms with E-state index in [-0.39, 0.29) is 0 Å². The monoisotopic (exact) mass is 289 g/mol. The van der Waals surface area contributed by atoms with E-state index in [9.17, 15) is 4.79 Å². The average Bonchev–Trinajstić information content (AvgIpc) is 2.42. The van der Waals surface area contributed by atoms with Crippen LogP contribution in [-0.4, -0.2) is 22.5 Å². The lowest BCUT2D eigenvalue weighted by Crippen LogP contribution is -2.31. The molecule has 21 heavy (non-hydrogen) atoms. The fourth-order valence-electron chi connectivity index (χ4n) is 2.14. The first kappa shape index (κ1) is 17.3. The summed E-state index contributed by atoms with van der Waals surface area (Å²) in [5.74, 6) is -0.867. The molecular weight excluding hydrogens is 262 g/mol. The second-order valence-electron chi connectivity index (χ2n) is 5.26. The molecule has 1 heterocycles. The van der Waals surface area contributed by atoms with Crippen LogP contribution in [0.5, 0.6) is 0 Å². The summed E-state index contributed by atoms with van der Waals surface area (Å²) < 4.78 is 0. The van der Waals surface area contributed by atoms with Crippen LogP contribution in [0.1, 0.15) is 51.9 Å². The lowest BCUT2D eigenvalue weighted by atomic mass is 10.1. The van der Waals surface area contributed by atoms with Crippen LogP contribution in [0.3, 0.4) is 0 Å². The second kappa shape index (κ2) is 11.0. The third-order valence-electron chi connectivity index (χ3n) is 3.47. The summed E-state index contributed by atoms with van der Waals surface area (Å²) in [5.41, 5.74) is 0.360. The Labute approximate surface area is 128 Å². The van der Waals surface area contributed by atoms with Gasteiger partial charge in [-0.15, -0.1) is 0 Å². The van der Waals surface area contributed by atoms with Crippen molar-refractivity contribution in [3.63, 3.8) is 0 Å². The van der Waals surface area contributed by atoms with Crippen LogP contribution in [0.15, 0.2) is 48.4 Å². The molecule has 0 atom stereocenters. The van der Waals surface area contributed by atoms with E-state index in [1.807, 2.05) is 18.2 Å². The van der Waals surface area contributed by atoms with E-state index in [0.717, 1.165) is 6.42 Å². The summed E-state index contributed by atoms with van der Waals surface area (Å²) in [5, 5.41) is 8.82. The highest BCUT2D eigenvalue weighted by atomic mass is 16.4. The smallest absolute Gasteiger partial charge is 0.352 e. The molecule has 0 aromatic carbocycles. The number of unbranched alkanes of at least 4 members (excludes halogenated alkanes) is 6. The quantitative estimate of drug-likeness (QED) is 0.444. The predicted molar refractivity (Wildman–Crippen MR) is 87.8 cm³/mol. The molecule has 0 aromatic heterocycles. The van der Waals surface area contributed by atoms with E-state index in [1.54, 1.807) is 17.2 Å². The maximum absolute atomic E-state index is 10.7. The molecule has 0 aliphatic carbocycles. The largest absolute Gasteiger partial charge is 0.477 e. The van der Waals surface area contributed by atoms with Gasteiger partial charge in [0.05, 0.1) is 0 Å². The highest BCUT2D eigenvalue weighted by Gasteiger charge is 2.20. The number of aliphatic carboxylic acids is 1. The van der Waals surface area contributed by atoms with Gasteiger partial charge >= 0.3 is 5.97 Å². The van der Waals surface area contributed by atoms with Crippen LogP contribution in [0.4, 0.5) is 0 Å². The Morgan fingerprint density at radius 3 is 2.52 bits per heavy atom. The number of nitrogens with zero attached hydrogens (tertiary/aromatic N) is 1. The molecule has 1 N–H and O–H groups in total. The van der Waals surface area contributed by atoms with Crippen molar-refractivity contribution in [2.24, 2.45) is 0 Å². The Morgan fingerprint density at radius 2 is 1.86 bits per heavy atom. The lowest BCUT2D eigenvalue weighted by Gasteiger charge is -2.26. The Balaban J connectivity index is 2.03. The van der Waals surface area contributed by atoms with E-state index >= 15 is 0 Å². The first-order valence-corrected chi connectivity index (χ1v) is 7.95. The minimum absolute atomic E-state index is 0.360. The van der Waals surface area contributed by atoms with E-state index < -0.39 is 5.97 Å². The number of rotatable bonds is 11. The number of hydrogen-bond donors (Lipinski definition) is 1. The Bertz CT molecular complexity index is 419. The van der Waals surface area contributed by atoms with Crippen molar-refractivity contribution in [1.82, 2.24) is 4.90 Å². The van der Waals surface area contributed by atoms with Crippen molar-refractivity contribution in [3.8, 4) is 0 Å². The van der Waals surface area contributed by atoms with Gasteiger partial charge in [-0.05, 0) is 25.0 Å². The predicted octanol–water partition coefficient (Wildman–Crippen LogP) is 4.65. The number of carboxylic acid groups (broad SMARTS) is 1. The van der Waals surface area contributed by atoms with Gasteiger partial charge in [0.15, 0.2) is 0 Å². The molecule has 116 valence electrons. The van der Waals surface area contributed by atoms with Crippen LogP contribution in [0, 0.1) is 0 Å². The maximum atomic E-state index is 10.7. The molecule has 3 heteroatoms. The summed E-state index contributed by atoms with van der Waals surface area (Å²) in [4.78, 5) is 12.5. The summed E-state index contributed by atoms with van der Waals surface area (Å²) >= 11 is 0. The standard InChI is InChI=1S/C18H27NO2/c1-2-3-4-5-6-7-8-9-10-11-12-13-15-19-16-14-17(19)18(20)21/h9-15H,2-8,16H2,1H3,(H,20,21). The first-order valence-electron chi connectivity index (χ1n) is 7.95. The van der Waals surface area contributed by atoms with Crippen LogP contribution in [0.2, 0.25) is 0 Å². The van der Waals surface area contributed by atoms with Gasteiger partial charge in [-0.1, -0.05) is 63.3 Å². The SMILES string of the molecule is CCCCCCCCC=CC=CC=CN1CC=C1C(=O)O. The molecule has 0 aromatic rings. The van der Waals surface area contributed by atoms with Crippen LogP contribution in [0.25, 0.3) is 0 Å². The minimum Gasteiger partial charge on any atom is -0.477 e. The molecule has 3 nitrogen and oxygen atoms in total. The number of carboxylic acids is 1. The highest BCUT2D eigenvalue weighted by Crippen LogP contribution is 2.14. The molecule has 1 rings (SSSR count). The summed E-state index contributed by atoms with van der Waals surface area (Å²) in [6, 6.07) is 0. The van der Waals surface area contributed by atoms with Crippen molar-refractivity contribution in [2.45, 2.75) is 51.9 Å². The highest BCUT2D eigenvalue weighted by molar-refractivity contribution is 5.87. The van der Waals surface area contributed by atoms with Gasteiger partial charge < -0.3 is 10.0 Å². The number of hydrogen-bond acceptors (Lipinski definition) is 2. The zero-order valence-corrected chi connectivity index (χ0v) is 13.0. The van der Waals surface area contributed by atoms with Crippen molar-refractivity contribution >= 4 is 5.97 Å². The lowest BCUT2D eigenvalue weighted by molar-refractivity contribution is -0.134. The van der Waals surface area contributed by atoms with Gasteiger partial charge in [0.2, 0.25) is 0 Å². The topological polar surface area (TPSA) is 40.5 Å². The Kier molecular flexibility index (Phi) is 9.01. The molecule has 1 aliphatic heterocycles. The van der Waals surface area contributed by atoms with Gasteiger partial charge in [-0.2, -0.15) is 0 Å². The fourth-order valence-corrected chi connectivity index (χ4v) is 2.14. The fraction of sp³-hybridized carbons (Fsp3) is 0.500. The van der Waals surface area contributed by atoms with Gasteiger partial charge in [0.1, 0.15) is 5.70 Å². The van der Waals surface area contributed by atoms with Gasteiger partial charge in [-0.25, -0.2) is 4.79 Å². The zero-order valence-electron chi connectivity index (χ0n) is 13.0. The number of allylic oxidation sites excluding steroid dienone is 5. The Hall–Kier alpha value is -1.77. The summed E-state index contributed by atoms with van der Waals surface area (Å²) in [6.45, 7) is 2.92. The van der Waals surface area contributed by atoms with Gasteiger partial charge in [0, 0.05) is 12.7 Å². The van der Waals surface area contributed by atoms with Crippen LogP contribution < -0.4 is 0 Å². The first-order chi connectivity index (χ1) is 10.3. The Morgan fingerprint density at radius 1 is 1.14 bits per heavy atom. The summed E-state index contributed by atoms with van der Waals surface area (Å²) in [7, 11) is 0. The minimum atomic E-state index is -0.867. The molecule has 0 radical (unpaired) electrons. The molecule has 0 spiro atoms. The van der Waals surface area contributed by atoms with E-state index in [1.165, 1.54) is 38.5 Å². The average molecular weight is 289 g/mol. The molecule has 0 fully saturated rings. The normalized spacial score (nSPS) is 15.1. The zero-order chi connectivity index (χ0) is 15.3. The second-order valence-corrected chi connectivity index (χ2v) is 5.26. The van der Waals surface area contributed by atoms with Crippen LogP contribution in [-0.2, 0) is 4.79 Å². The summed E-state index contributed by atoms with van der Waals surface area (Å²) in [6.07, 6.45) is 22.6. The van der Waals surface area contributed by atoms with Crippen molar-refractivity contribution in [3.05, 3.63) is 48.4 Å². The number of carbonyl (C=O) groups is 1. The van der Waals surface area contributed by atoms with Crippen molar-refractivity contribution in [1.29, 1.82) is 0 Å². The van der Waals surface area contributed by atoms with E-state index in [0.29, 0.717) is 12.2 Å². The van der Waals surface area contributed by atoms with E-state index in [4.69, 9.17) is 5.11 Å².